The summed E-state index contributed by atoms with van der Waals surface area (Å²) in [5.41, 5.74) is 2.12. The summed E-state index contributed by atoms with van der Waals surface area (Å²) in [6.45, 7) is 36.2. The molecule has 5 N–H and O–H groups in total. The second-order valence-corrected chi connectivity index (χ2v) is 20.0. The molecule has 0 fully saturated rings. The second-order valence-electron chi connectivity index (χ2n) is 20.0. The van der Waals surface area contributed by atoms with Gasteiger partial charge in [0.15, 0.2) is 0 Å². The number of hydrogen-bond acceptors (Lipinski definition) is 6. The fourth-order valence-electron chi connectivity index (χ4n) is 5.62. The van der Waals surface area contributed by atoms with Crippen LogP contribution in [0.1, 0.15) is 164 Å². The maximum atomic E-state index is 14.4. The molecule has 0 bridgehead atoms. The van der Waals surface area contributed by atoms with E-state index in [-0.39, 0.29) is 46.1 Å². The van der Waals surface area contributed by atoms with Gasteiger partial charge >= 0.3 is 0 Å². The summed E-state index contributed by atoms with van der Waals surface area (Å²) in [5.74, 6) is -0.487. The maximum absolute atomic E-state index is 14.4. The average molecular weight is 693 g/mol. The van der Waals surface area contributed by atoms with Gasteiger partial charge in [-0.25, -0.2) is 0 Å². The molecule has 0 radical (unpaired) electrons. The second kappa shape index (κ2) is 14.7. The van der Waals surface area contributed by atoms with Crippen molar-refractivity contribution < 1.29 is 19.8 Å². The van der Waals surface area contributed by atoms with Gasteiger partial charge in [-0.05, 0) is 92.0 Å². The molecule has 0 saturated heterocycles. The molecule has 0 spiro atoms. The normalized spacial score (nSPS) is 14.8. The van der Waals surface area contributed by atoms with Crippen LogP contribution in [0, 0.1) is 0 Å². The summed E-state index contributed by atoms with van der Waals surface area (Å²) >= 11 is 0. The smallest absolute Gasteiger partial charge is 0.247 e. The molecule has 0 aliphatic rings. The Bertz CT molecular complexity index is 1560. The third-order valence-electron chi connectivity index (χ3n) is 8.42. The number of phenols is 2. The topological polar surface area (TPSA) is 123 Å². The van der Waals surface area contributed by atoms with Crippen LogP contribution in [0.2, 0.25) is 0 Å². The molecule has 8 nitrogen and oxygen atoms in total. The lowest BCUT2D eigenvalue weighted by Gasteiger charge is -2.33. The van der Waals surface area contributed by atoms with Crippen LogP contribution in [-0.2, 0) is 31.2 Å². The Labute approximate surface area is 303 Å². The Kier molecular flexibility index (Phi) is 12.6. The molecular weight excluding hydrogens is 624 g/mol. The summed E-state index contributed by atoms with van der Waals surface area (Å²) in [7, 11) is 0. The maximum Gasteiger partial charge on any atom is 0.247 e. The summed E-state index contributed by atoms with van der Waals surface area (Å²) in [6.07, 6.45) is 1.56. The van der Waals surface area contributed by atoms with E-state index in [0.29, 0.717) is 11.1 Å². The van der Waals surface area contributed by atoms with Gasteiger partial charge in [-0.15, -0.1) is 0 Å². The van der Waals surface area contributed by atoms with E-state index in [1.807, 2.05) is 86.6 Å². The van der Waals surface area contributed by atoms with E-state index in [2.05, 4.69) is 78.3 Å². The monoisotopic (exact) mass is 693 g/mol. The van der Waals surface area contributed by atoms with Crippen LogP contribution in [0.4, 0.5) is 0 Å². The number of nitrogens with one attached hydrogen (secondary N) is 3. The highest BCUT2D eigenvalue weighted by Crippen LogP contribution is 2.42. The predicted octanol–water partition coefficient (Wildman–Crippen LogP) is 8.24. The van der Waals surface area contributed by atoms with Gasteiger partial charge in [-0.3, -0.25) is 19.9 Å². The van der Waals surface area contributed by atoms with E-state index in [0.717, 1.165) is 22.3 Å². The minimum atomic E-state index is -1.14. The van der Waals surface area contributed by atoms with Gasteiger partial charge in [0, 0.05) is 34.0 Å². The number of amides is 2. The number of benzene rings is 2. The summed E-state index contributed by atoms with van der Waals surface area (Å²) in [6, 6.07) is 5.85. The van der Waals surface area contributed by atoms with Crippen molar-refractivity contribution in [3.8, 4) is 11.5 Å². The molecular formula is C42H68N4O4. The Balaban J connectivity index is 3.03. The van der Waals surface area contributed by atoms with Crippen LogP contribution in [-0.4, -0.2) is 51.9 Å². The lowest BCUT2D eigenvalue weighted by Crippen LogP contribution is -2.51. The third kappa shape index (κ3) is 11.9. The predicted molar refractivity (Wildman–Crippen MR) is 209 cm³/mol. The van der Waals surface area contributed by atoms with Gasteiger partial charge in [0.25, 0.3) is 0 Å². The Morgan fingerprint density at radius 3 is 1.50 bits per heavy atom. The molecule has 0 aliphatic carbocycles. The van der Waals surface area contributed by atoms with Crippen LogP contribution < -0.4 is 16.0 Å². The fraction of sp³-hybridized carbons (Fsp3) is 0.643. The van der Waals surface area contributed by atoms with Gasteiger partial charge in [0.2, 0.25) is 11.8 Å². The average Bonchev–Trinajstić information content (AvgIpc) is 2.86. The van der Waals surface area contributed by atoms with Crippen molar-refractivity contribution in [3.63, 3.8) is 0 Å². The molecule has 2 unspecified atom stereocenters. The Hall–Kier alpha value is -3.39. The molecule has 2 aromatic rings. The quantitative estimate of drug-likeness (QED) is 0.178. The highest BCUT2D eigenvalue weighted by atomic mass is 16.3. The van der Waals surface area contributed by atoms with Gasteiger partial charge in [0.1, 0.15) is 17.5 Å². The van der Waals surface area contributed by atoms with Crippen LogP contribution in [0.15, 0.2) is 29.3 Å². The highest BCUT2D eigenvalue weighted by Gasteiger charge is 2.36. The van der Waals surface area contributed by atoms with Crippen LogP contribution in [0.25, 0.3) is 0 Å². The zero-order chi connectivity index (χ0) is 39.0. The SMILES string of the molecule is CC(C)(C)NC(=O)CNC(c1cc(C(C)(C)C)cc(C(C)(C)C)c1O)C(N=Cc1cc(C(C)(C)C)cc(C(C)(C)C)c1O)C(=O)NC(C)(C)C. The zero-order valence-electron chi connectivity index (χ0n) is 34.4. The van der Waals surface area contributed by atoms with Crippen molar-refractivity contribution in [2.45, 2.75) is 169 Å². The molecule has 8 heteroatoms. The summed E-state index contributed by atoms with van der Waals surface area (Å²) < 4.78 is 0. The molecule has 0 saturated carbocycles. The molecule has 0 aliphatic heterocycles. The number of hydrogen-bond donors (Lipinski definition) is 5. The van der Waals surface area contributed by atoms with E-state index >= 15 is 0 Å². The summed E-state index contributed by atoms with van der Waals surface area (Å²) in [5, 5.41) is 33.0. The molecule has 0 heterocycles. The van der Waals surface area contributed by atoms with E-state index in [1.54, 1.807) is 6.21 Å². The first-order valence-electron chi connectivity index (χ1n) is 17.9. The van der Waals surface area contributed by atoms with Gasteiger partial charge in [-0.1, -0.05) is 95.2 Å². The van der Waals surface area contributed by atoms with E-state index in [1.165, 1.54) is 0 Å². The van der Waals surface area contributed by atoms with Gasteiger partial charge in [-0.2, -0.15) is 0 Å². The molecule has 0 aromatic heterocycles. The third-order valence-corrected chi connectivity index (χ3v) is 8.42. The Morgan fingerprint density at radius 2 is 1.08 bits per heavy atom. The van der Waals surface area contributed by atoms with Crippen LogP contribution in [0.3, 0.4) is 0 Å². The number of carbonyl (C=O) groups is 2. The highest BCUT2D eigenvalue weighted by molar-refractivity contribution is 5.90. The van der Waals surface area contributed by atoms with Crippen molar-refractivity contribution in [3.05, 3.63) is 57.6 Å². The van der Waals surface area contributed by atoms with Crippen LogP contribution >= 0.6 is 0 Å². The lowest BCUT2D eigenvalue weighted by molar-refractivity contribution is -0.125. The van der Waals surface area contributed by atoms with Crippen LogP contribution in [0.5, 0.6) is 11.5 Å². The Morgan fingerprint density at radius 1 is 0.640 bits per heavy atom. The van der Waals surface area contributed by atoms with E-state index in [9.17, 15) is 19.8 Å². The number of aliphatic imine (C=N–C) groups is 1. The number of phenolic OH excluding ortho intramolecular Hbond substituents is 2. The molecule has 2 atom stereocenters. The van der Waals surface area contributed by atoms with E-state index < -0.39 is 28.6 Å². The standard InChI is InChI=1S/C42H68N4O4/c1-37(2,3)26-19-25(34(48)29(21-26)39(7,8)9)23-43-33(36(50)46-42(16,17)18)32(44-24-31(47)45-41(13,14)15)28-20-27(38(4,5)6)22-30(35(28)49)40(10,11)12/h19-23,32-33,44,48-49H,24H2,1-18H3,(H,45,47)(H,46,50). The van der Waals surface area contributed by atoms with Crippen molar-refractivity contribution in [1.29, 1.82) is 0 Å². The lowest BCUT2D eigenvalue weighted by atomic mass is 9.77. The number of carbonyl (C=O) groups excluding carboxylic acids is 2. The van der Waals surface area contributed by atoms with Crippen molar-refractivity contribution in [2.75, 3.05) is 6.54 Å². The minimum absolute atomic E-state index is 0.0515. The largest absolute Gasteiger partial charge is 0.507 e. The van der Waals surface area contributed by atoms with Crippen molar-refractivity contribution in [1.82, 2.24) is 16.0 Å². The number of rotatable bonds is 8. The molecule has 2 rings (SSSR count). The van der Waals surface area contributed by atoms with Gasteiger partial charge in [0.05, 0.1) is 12.6 Å². The number of nitrogens with zero attached hydrogens (tertiary/aromatic N) is 1. The van der Waals surface area contributed by atoms with Crippen molar-refractivity contribution >= 4 is 18.0 Å². The fourth-order valence-corrected chi connectivity index (χ4v) is 5.62. The number of aromatic hydroxyl groups is 2. The molecule has 2 amide bonds. The van der Waals surface area contributed by atoms with Crippen molar-refractivity contribution in [2.24, 2.45) is 4.99 Å². The first kappa shape index (κ1) is 42.8. The first-order chi connectivity index (χ1) is 22.2. The first-order valence-corrected chi connectivity index (χ1v) is 17.9. The molecule has 280 valence electrons. The zero-order valence-corrected chi connectivity index (χ0v) is 34.4. The van der Waals surface area contributed by atoms with Gasteiger partial charge < -0.3 is 20.8 Å². The molecule has 50 heavy (non-hydrogen) atoms. The summed E-state index contributed by atoms with van der Waals surface area (Å²) in [4.78, 5) is 32.5. The van der Waals surface area contributed by atoms with E-state index in [4.69, 9.17) is 4.99 Å². The minimum Gasteiger partial charge on any atom is -0.507 e. The molecule has 2 aromatic carbocycles.